The van der Waals surface area contributed by atoms with Crippen molar-refractivity contribution >= 4 is 66.7 Å². The van der Waals surface area contributed by atoms with Crippen LogP contribution in [0.1, 0.15) is 38.5 Å². The first kappa shape index (κ1) is 37.6. The van der Waals surface area contributed by atoms with E-state index in [0.717, 1.165) is 43.8 Å². The van der Waals surface area contributed by atoms with Crippen molar-refractivity contribution in [1.82, 2.24) is 20.4 Å². The summed E-state index contributed by atoms with van der Waals surface area (Å²) in [5, 5.41) is 11.7. The van der Waals surface area contributed by atoms with Crippen molar-refractivity contribution < 1.29 is 14.4 Å². The molecule has 0 saturated carbocycles. The predicted octanol–water partition coefficient (Wildman–Crippen LogP) is 5.80. The molecule has 0 bridgehead atoms. The van der Waals surface area contributed by atoms with Gasteiger partial charge in [0.05, 0.1) is 12.1 Å². The lowest BCUT2D eigenvalue weighted by Crippen LogP contribution is -2.49. The molecule has 3 aliphatic heterocycles. The van der Waals surface area contributed by atoms with Crippen LogP contribution in [0.5, 0.6) is 0 Å². The van der Waals surface area contributed by atoms with Crippen molar-refractivity contribution in [2.45, 2.75) is 61.9 Å². The second-order valence-corrected chi connectivity index (χ2v) is 20.0. The van der Waals surface area contributed by atoms with Crippen LogP contribution in [0.4, 0.5) is 4.79 Å². The van der Waals surface area contributed by atoms with Crippen LogP contribution in [-0.2, 0) is 9.59 Å². The lowest BCUT2D eigenvalue weighted by Gasteiger charge is -2.33. The fraction of sp³-hybridized carbons (Fsp3) is 0.372. The molecule has 0 radical (unpaired) electrons. The summed E-state index contributed by atoms with van der Waals surface area (Å²) in [5.41, 5.74) is 0. The molecular formula is C43H50N4O3P2S. The van der Waals surface area contributed by atoms with E-state index in [9.17, 15) is 14.4 Å². The molecule has 3 heterocycles. The third kappa shape index (κ3) is 9.52. The number of nitrogens with zero attached hydrogens (tertiary/aromatic N) is 2. The van der Waals surface area contributed by atoms with E-state index in [1.54, 1.807) is 0 Å². The van der Waals surface area contributed by atoms with Crippen molar-refractivity contribution in [3.05, 3.63) is 121 Å². The Bertz CT molecular complexity index is 1620. The molecule has 4 aromatic carbocycles. The van der Waals surface area contributed by atoms with Crippen molar-refractivity contribution in [3.8, 4) is 0 Å². The van der Waals surface area contributed by atoms with Crippen LogP contribution < -0.4 is 31.9 Å². The van der Waals surface area contributed by atoms with E-state index in [1.807, 2.05) is 16.7 Å². The number of unbranched alkanes of at least 4 members (excludes halogenated alkanes) is 1. The molecule has 276 valence electrons. The molecule has 3 fully saturated rings. The van der Waals surface area contributed by atoms with Crippen LogP contribution >= 0.6 is 27.6 Å². The summed E-state index contributed by atoms with van der Waals surface area (Å²) in [5.74, 6) is 1.14. The van der Waals surface area contributed by atoms with E-state index in [4.69, 9.17) is 0 Å². The highest BCUT2D eigenvalue weighted by molar-refractivity contribution is 8.00. The second kappa shape index (κ2) is 18.6. The standard InChI is InChI=1S/C43H50N4O3P2S/c48-40(26-14-13-25-39-41-37(32-53-39)44-43(50)45-41)47-27-15-24-38(47)42(49)46(28-30-51(33-16-5-1-6-17-33)34-18-7-2-8-19-34)29-31-52(35-20-9-3-10-21-35)36-22-11-4-12-23-36/h1-12,16-23,37-39,41H,13-15,24-32H2,(H2,44,45,50)/t37-,38+,39-,41-/m0/s1. The van der Waals surface area contributed by atoms with E-state index in [-0.39, 0.29) is 29.9 Å². The molecule has 4 aromatic rings. The molecule has 10 heteroatoms. The molecule has 3 aliphatic rings. The second-order valence-electron chi connectivity index (χ2n) is 14.1. The van der Waals surface area contributed by atoms with Crippen LogP contribution in [0.25, 0.3) is 0 Å². The molecule has 0 unspecified atom stereocenters. The number of thioether (sulfide) groups is 1. The average molecular weight is 765 g/mol. The van der Waals surface area contributed by atoms with Crippen LogP contribution in [0.3, 0.4) is 0 Å². The van der Waals surface area contributed by atoms with Crippen molar-refractivity contribution in [3.63, 3.8) is 0 Å². The summed E-state index contributed by atoms with van der Waals surface area (Å²) in [4.78, 5) is 44.3. The maximum absolute atomic E-state index is 14.8. The van der Waals surface area contributed by atoms with Crippen LogP contribution in [-0.4, -0.2) is 88.7 Å². The molecule has 3 saturated heterocycles. The maximum Gasteiger partial charge on any atom is 0.315 e. The number of urea groups is 1. The van der Waals surface area contributed by atoms with Gasteiger partial charge in [-0.1, -0.05) is 128 Å². The Balaban J connectivity index is 1.05. The number of benzene rings is 4. The van der Waals surface area contributed by atoms with E-state index >= 15 is 0 Å². The quantitative estimate of drug-likeness (QED) is 0.0860. The third-order valence-electron chi connectivity index (χ3n) is 10.7. The van der Waals surface area contributed by atoms with Gasteiger partial charge in [-0.2, -0.15) is 11.8 Å². The number of likely N-dealkylation sites (tertiary alicyclic amines) is 1. The summed E-state index contributed by atoms with van der Waals surface area (Å²) in [6.07, 6.45) is 6.47. The molecule has 53 heavy (non-hydrogen) atoms. The Hall–Kier alpha value is -3.70. The zero-order valence-electron chi connectivity index (χ0n) is 30.3. The van der Waals surface area contributed by atoms with Gasteiger partial charge in [-0.05, 0) is 75.1 Å². The first-order chi connectivity index (χ1) is 26.0. The molecule has 2 N–H and O–H groups in total. The fourth-order valence-electron chi connectivity index (χ4n) is 7.96. The minimum atomic E-state index is -0.676. The van der Waals surface area contributed by atoms with E-state index in [2.05, 4.69) is 137 Å². The van der Waals surface area contributed by atoms with Gasteiger partial charge in [0.15, 0.2) is 0 Å². The Morgan fingerprint density at radius 3 is 1.74 bits per heavy atom. The molecule has 0 aliphatic carbocycles. The maximum atomic E-state index is 14.8. The molecule has 4 amide bonds. The summed E-state index contributed by atoms with van der Waals surface area (Å²) in [6, 6.07) is 42.8. The van der Waals surface area contributed by atoms with Gasteiger partial charge in [0.1, 0.15) is 6.04 Å². The highest BCUT2D eigenvalue weighted by Gasteiger charge is 2.42. The van der Waals surface area contributed by atoms with Gasteiger partial charge in [0, 0.05) is 37.1 Å². The van der Waals surface area contributed by atoms with E-state index < -0.39 is 21.9 Å². The van der Waals surface area contributed by atoms with Crippen molar-refractivity contribution in [2.75, 3.05) is 37.7 Å². The Morgan fingerprint density at radius 2 is 1.23 bits per heavy atom. The van der Waals surface area contributed by atoms with E-state index in [1.165, 1.54) is 21.2 Å². The lowest BCUT2D eigenvalue weighted by atomic mass is 10.0. The van der Waals surface area contributed by atoms with E-state index in [0.29, 0.717) is 37.7 Å². The number of rotatable bonds is 16. The normalized spacial score (nSPS) is 20.7. The topological polar surface area (TPSA) is 81.8 Å². The van der Waals surface area contributed by atoms with Crippen LogP contribution in [0, 0.1) is 0 Å². The summed E-state index contributed by atoms with van der Waals surface area (Å²) < 4.78 is 0. The minimum absolute atomic E-state index is 0.0623. The molecule has 0 spiro atoms. The number of carbonyl (C=O) groups excluding carboxylic acids is 3. The Kier molecular flexibility index (Phi) is 13.2. The monoisotopic (exact) mass is 764 g/mol. The highest BCUT2D eigenvalue weighted by Crippen LogP contribution is 2.36. The van der Waals surface area contributed by atoms with Gasteiger partial charge in [-0.15, -0.1) is 0 Å². The number of nitrogens with one attached hydrogen (secondary N) is 2. The van der Waals surface area contributed by atoms with Gasteiger partial charge in [0.2, 0.25) is 11.8 Å². The average Bonchev–Trinajstić information content (AvgIpc) is 3.94. The molecule has 7 rings (SSSR count). The van der Waals surface area contributed by atoms with Gasteiger partial charge >= 0.3 is 6.03 Å². The Labute approximate surface area is 321 Å². The zero-order valence-corrected chi connectivity index (χ0v) is 32.9. The molecular weight excluding hydrogens is 715 g/mol. The first-order valence-corrected chi connectivity index (χ1v) is 23.2. The number of carbonyl (C=O) groups is 3. The predicted molar refractivity (Wildman–Crippen MR) is 223 cm³/mol. The van der Waals surface area contributed by atoms with Crippen LogP contribution in [0.15, 0.2) is 121 Å². The number of amides is 4. The lowest BCUT2D eigenvalue weighted by molar-refractivity contribution is -0.143. The Morgan fingerprint density at radius 1 is 0.717 bits per heavy atom. The molecule has 4 atom stereocenters. The number of hydrogen-bond acceptors (Lipinski definition) is 4. The summed E-state index contributed by atoms with van der Waals surface area (Å²) in [7, 11) is -1.35. The van der Waals surface area contributed by atoms with Gasteiger partial charge in [0.25, 0.3) is 0 Å². The smallest absolute Gasteiger partial charge is 0.315 e. The number of hydrogen-bond donors (Lipinski definition) is 2. The van der Waals surface area contributed by atoms with Gasteiger partial charge in [-0.25, -0.2) is 4.79 Å². The third-order valence-corrected chi connectivity index (χ3v) is 17.2. The van der Waals surface area contributed by atoms with Crippen molar-refractivity contribution in [1.29, 1.82) is 0 Å². The van der Waals surface area contributed by atoms with Gasteiger partial charge in [-0.3, -0.25) is 9.59 Å². The van der Waals surface area contributed by atoms with Gasteiger partial charge < -0.3 is 20.4 Å². The van der Waals surface area contributed by atoms with Crippen molar-refractivity contribution in [2.24, 2.45) is 0 Å². The zero-order chi connectivity index (χ0) is 36.4. The summed E-state index contributed by atoms with van der Waals surface area (Å²) in [6.45, 7) is 1.93. The first-order valence-electron chi connectivity index (χ1n) is 19.1. The highest BCUT2D eigenvalue weighted by atomic mass is 32.2. The minimum Gasteiger partial charge on any atom is -0.340 e. The van der Waals surface area contributed by atoms with Crippen LogP contribution in [0.2, 0.25) is 0 Å². The fourth-order valence-corrected chi connectivity index (χ4v) is 14.1. The SMILES string of the molecule is O=C1N[C@H]2[C@H](CS[C@H]2CCCCC(=O)N2CCC[C@@H]2C(=O)N(CCP(c2ccccc2)c2ccccc2)CCP(c2ccccc2)c2ccccc2)N1. The number of fused-ring (bicyclic) bond motifs is 1. The largest absolute Gasteiger partial charge is 0.340 e. The summed E-state index contributed by atoms with van der Waals surface area (Å²) >= 11 is 1.92. The molecule has 0 aromatic heterocycles. The molecule has 7 nitrogen and oxygen atoms in total.